The molecule has 1 saturated heterocycles. The molecule has 1 aromatic rings. The number of ether oxygens (including phenoxy) is 1. The average molecular weight is 334 g/mol. The number of nitrogens with zero attached hydrogens (tertiary/aromatic N) is 1. The molecule has 2 N–H and O–H groups in total. The molecule has 24 heavy (non-hydrogen) atoms. The molecule has 5 nitrogen and oxygen atoms in total. The molecule has 1 aliphatic rings. The van der Waals surface area contributed by atoms with E-state index in [1.54, 1.807) is 7.11 Å². The number of hydrogen-bond donors (Lipinski definition) is 2. The molecule has 0 saturated carbocycles. The highest BCUT2D eigenvalue weighted by molar-refractivity contribution is 5.78. The summed E-state index contributed by atoms with van der Waals surface area (Å²) in [4.78, 5) is 14.2. The van der Waals surface area contributed by atoms with Gasteiger partial charge in [0.25, 0.3) is 0 Å². The minimum absolute atomic E-state index is 0.0320. The Morgan fingerprint density at radius 3 is 2.50 bits per heavy atom. The molecule has 1 aromatic carbocycles. The van der Waals surface area contributed by atoms with Gasteiger partial charge in [0.15, 0.2) is 0 Å². The van der Waals surface area contributed by atoms with Crippen molar-refractivity contribution in [3.05, 3.63) is 29.8 Å². The van der Waals surface area contributed by atoms with Gasteiger partial charge in [-0.05, 0) is 44.9 Å². The van der Waals surface area contributed by atoms with Crippen molar-refractivity contribution in [3.63, 3.8) is 0 Å². The van der Waals surface area contributed by atoms with Gasteiger partial charge in [0, 0.05) is 24.5 Å². The van der Waals surface area contributed by atoms with Gasteiger partial charge >= 0.3 is 0 Å². The largest absolute Gasteiger partial charge is 0.497 e. The molecular formula is C19H30N2O3. The Hall–Kier alpha value is -1.59. The van der Waals surface area contributed by atoms with Gasteiger partial charge in [-0.15, -0.1) is 0 Å². The predicted octanol–water partition coefficient (Wildman–Crippen LogP) is 2.14. The Morgan fingerprint density at radius 2 is 2.00 bits per heavy atom. The number of carbonyl (C=O) groups excluding carboxylic acids is 1. The topological polar surface area (TPSA) is 61.8 Å². The van der Waals surface area contributed by atoms with E-state index in [4.69, 9.17) is 4.74 Å². The summed E-state index contributed by atoms with van der Waals surface area (Å²) >= 11 is 0. The number of piperidine rings is 1. The van der Waals surface area contributed by atoms with Crippen LogP contribution >= 0.6 is 0 Å². The quantitative estimate of drug-likeness (QED) is 0.886. The summed E-state index contributed by atoms with van der Waals surface area (Å²) in [5.41, 5.74) is -0.166. The molecule has 0 aliphatic carbocycles. The Labute approximate surface area is 145 Å². The molecule has 1 heterocycles. The average Bonchev–Trinajstić information content (AvgIpc) is 2.49. The fraction of sp³-hybridized carbons (Fsp3) is 0.632. The van der Waals surface area contributed by atoms with Crippen LogP contribution in [0.2, 0.25) is 0 Å². The minimum atomic E-state index is -0.858. The van der Waals surface area contributed by atoms with Crippen LogP contribution in [0.25, 0.3) is 0 Å². The van der Waals surface area contributed by atoms with Crippen LogP contribution in [0.3, 0.4) is 0 Å². The summed E-state index contributed by atoms with van der Waals surface area (Å²) < 4.78 is 5.18. The highest BCUT2D eigenvalue weighted by Crippen LogP contribution is 2.37. The van der Waals surface area contributed by atoms with Crippen LogP contribution < -0.4 is 10.1 Å². The van der Waals surface area contributed by atoms with Gasteiger partial charge in [0.1, 0.15) is 5.75 Å². The summed E-state index contributed by atoms with van der Waals surface area (Å²) in [6, 6.07) is 7.61. The first-order chi connectivity index (χ1) is 11.1. The van der Waals surface area contributed by atoms with Gasteiger partial charge in [0.2, 0.25) is 5.91 Å². The van der Waals surface area contributed by atoms with E-state index in [9.17, 15) is 9.90 Å². The molecule has 0 spiro atoms. The van der Waals surface area contributed by atoms with Crippen molar-refractivity contribution in [1.29, 1.82) is 0 Å². The van der Waals surface area contributed by atoms with Gasteiger partial charge in [-0.25, -0.2) is 0 Å². The zero-order chi connectivity index (χ0) is 18.0. The Kier molecular flexibility index (Phi) is 5.56. The molecule has 0 bridgehead atoms. The van der Waals surface area contributed by atoms with Crippen molar-refractivity contribution in [3.8, 4) is 5.75 Å². The number of rotatable bonds is 4. The Morgan fingerprint density at radius 1 is 1.38 bits per heavy atom. The maximum Gasteiger partial charge on any atom is 0.234 e. The zero-order valence-corrected chi connectivity index (χ0v) is 15.4. The smallest absolute Gasteiger partial charge is 0.234 e. The number of carbonyl (C=O) groups is 1. The van der Waals surface area contributed by atoms with Crippen molar-refractivity contribution in [2.75, 3.05) is 26.7 Å². The summed E-state index contributed by atoms with van der Waals surface area (Å²) in [5, 5.41) is 14.1. The molecule has 0 unspecified atom stereocenters. The van der Waals surface area contributed by atoms with Crippen molar-refractivity contribution >= 4 is 5.91 Å². The maximum atomic E-state index is 12.1. The normalized spacial score (nSPS) is 25.3. The van der Waals surface area contributed by atoms with Crippen LogP contribution in [0.4, 0.5) is 0 Å². The third-order valence-corrected chi connectivity index (χ3v) is 4.63. The van der Waals surface area contributed by atoms with E-state index in [0.717, 1.165) is 11.3 Å². The highest BCUT2D eigenvalue weighted by Gasteiger charge is 2.40. The summed E-state index contributed by atoms with van der Waals surface area (Å²) in [6.07, 6.45) is 0.614. The number of hydrogen-bond acceptors (Lipinski definition) is 4. The highest BCUT2D eigenvalue weighted by atomic mass is 16.5. The van der Waals surface area contributed by atoms with E-state index in [0.29, 0.717) is 26.1 Å². The van der Waals surface area contributed by atoms with Crippen LogP contribution in [0, 0.1) is 5.92 Å². The van der Waals surface area contributed by atoms with Gasteiger partial charge in [0.05, 0.1) is 19.3 Å². The number of methoxy groups -OCH3 is 1. The molecular weight excluding hydrogens is 304 g/mol. The van der Waals surface area contributed by atoms with E-state index in [1.807, 2.05) is 52.0 Å². The monoisotopic (exact) mass is 334 g/mol. The van der Waals surface area contributed by atoms with E-state index in [1.165, 1.54) is 0 Å². The van der Waals surface area contributed by atoms with E-state index < -0.39 is 5.60 Å². The first-order valence-electron chi connectivity index (χ1n) is 8.54. The molecule has 0 aromatic heterocycles. The summed E-state index contributed by atoms with van der Waals surface area (Å²) in [6.45, 7) is 9.74. The second kappa shape index (κ2) is 7.11. The van der Waals surface area contributed by atoms with Crippen molar-refractivity contribution < 1.29 is 14.6 Å². The molecule has 2 rings (SSSR count). The molecule has 1 fully saturated rings. The standard InChI is InChI=1S/C19H30N2O3/c1-14-12-21(13-17(22)20-18(2,3)4)11-10-19(14,23)15-6-8-16(24-5)9-7-15/h6-9,14,23H,10-13H2,1-5H3,(H,20,22)/t14-,19+/m1/s1. The SMILES string of the molecule is COc1ccc([C@]2(O)CCN(CC(=O)NC(C)(C)C)C[C@H]2C)cc1. The molecule has 0 radical (unpaired) electrons. The summed E-state index contributed by atoms with van der Waals surface area (Å²) in [5.74, 6) is 0.859. The fourth-order valence-corrected chi connectivity index (χ4v) is 3.32. The van der Waals surface area contributed by atoms with Crippen LogP contribution in [0.15, 0.2) is 24.3 Å². The van der Waals surface area contributed by atoms with Crippen molar-refractivity contribution in [2.45, 2.75) is 45.3 Å². The van der Waals surface area contributed by atoms with E-state index in [2.05, 4.69) is 10.2 Å². The van der Waals surface area contributed by atoms with Crippen molar-refractivity contribution in [1.82, 2.24) is 10.2 Å². The number of aliphatic hydroxyl groups is 1. The lowest BCUT2D eigenvalue weighted by Gasteiger charge is -2.43. The lowest BCUT2D eigenvalue weighted by Crippen LogP contribution is -2.52. The lowest BCUT2D eigenvalue weighted by molar-refractivity contribution is -0.126. The van der Waals surface area contributed by atoms with Gasteiger partial charge in [-0.2, -0.15) is 0 Å². The third kappa shape index (κ3) is 4.48. The second-order valence-corrected chi connectivity index (χ2v) is 7.84. The number of nitrogens with one attached hydrogen (secondary N) is 1. The minimum Gasteiger partial charge on any atom is -0.497 e. The third-order valence-electron chi connectivity index (χ3n) is 4.63. The molecule has 1 amide bonds. The first kappa shape index (κ1) is 18.7. The predicted molar refractivity (Wildman–Crippen MR) is 95.0 cm³/mol. The fourth-order valence-electron chi connectivity index (χ4n) is 3.32. The molecule has 134 valence electrons. The second-order valence-electron chi connectivity index (χ2n) is 7.84. The van der Waals surface area contributed by atoms with Crippen LogP contribution in [-0.4, -0.2) is 48.2 Å². The molecule has 2 atom stereocenters. The van der Waals surface area contributed by atoms with Crippen LogP contribution in [0.5, 0.6) is 5.75 Å². The van der Waals surface area contributed by atoms with E-state index >= 15 is 0 Å². The van der Waals surface area contributed by atoms with Gasteiger partial charge in [-0.3, -0.25) is 9.69 Å². The molecule has 1 aliphatic heterocycles. The summed E-state index contributed by atoms with van der Waals surface area (Å²) in [7, 11) is 1.63. The lowest BCUT2D eigenvalue weighted by atomic mass is 9.77. The van der Waals surface area contributed by atoms with Crippen molar-refractivity contribution in [2.24, 2.45) is 5.92 Å². The Bertz CT molecular complexity index is 565. The van der Waals surface area contributed by atoms with Crippen LogP contribution in [-0.2, 0) is 10.4 Å². The Balaban J connectivity index is 2.00. The first-order valence-corrected chi connectivity index (χ1v) is 8.54. The van der Waals surface area contributed by atoms with E-state index in [-0.39, 0.29) is 17.4 Å². The number of likely N-dealkylation sites (tertiary alicyclic amines) is 1. The zero-order valence-electron chi connectivity index (χ0n) is 15.4. The molecule has 5 heteroatoms. The van der Waals surface area contributed by atoms with Crippen LogP contribution in [0.1, 0.15) is 39.7 Å². The maximum absolute atomic E-state index is 12.1. The van der Waals surface area contributed by atoms with Gasteiger partial charge in [-0.1, -0.05) is 19.1 Å². The number of amides is 1. The number of benzene rings is 1. The van der Waals surface area contributed by atoms with Gasteiger partial charge < -0.3 is 15.2 Å².